The molecule has 4 heteroatoms. The maximum Gasteiger partial charge on any atom is 0.220 e. The van der Waals surface area contributed by atoms with Gasteiger partial charge in [0, 0.05) is 18.3 Å². The third-order valence-corrected chi connectivity index (χ3v) is 2.63. The van der Waals surface area contributed by atoms with Gasteiger partial charge in [-0.25, -0.2) is 0 Å². The van der Waals surface area contributed by atoms with Crippen molar-refractivity contribution in [2.75, 3.05) is 11.9 Å². The van der Waals surface area contributed by atoms with E-state index in [0.29, 0.717) is 18.9 Å². The Labute approximate surface area is 101 Å². The number of alkyl halides is 1. The average Bonchev–Trinajstić information content (AvgIpc) is 2.14. The van der Waals surface area contributed by atoms with Crippen molar-refractivity contribution in [3.8, 4) is 0 Å². The van der Waals surface area contributed by atoms with E-state index in [1.54, 1.807) is 0 Å². The smallest absolute Gasteiger partial charge is 0.220 e. The minimum absolute atomic E-state index is 0.0405. The highest BCUT2D eigenvalue weighted by molar-refractivity contribution is 9.09. The summed E-state index contributed by atoms with van der Waals surface area (Å²) in [6, 6.07) is 0. The molecule has 0 aromatic rings. The third kappa shape index (κ3) is 10.2. The van der Waals surface area contributed by atoms with Crippen LogP contribution in [-0.2, 0) is 4.79 Å². The zero-order valence-electron chi connectivity index (χ0n) is 9.63. The van der Waals surface area contributed by atoms with Gasteiger partial charge in [0.25, 0.3) is 0 Å². The fraction of sp³-hybridized carbons (Fsp3) is 0.909. The van der Waals surface area contributed by atoms with Crippen LogP contribution in [0.25, 0.3) is 0 Å². The molecule has 0 heterocycles. The van der Waals surface area contributed by atoms with Crippen molar-refractivity contribution in [1.82, 2.24) is 5.32 Å². The van der Waals surface area contributed by atoms with Crippen LogP contribution in [0.5, 0.6) is 0 Å². The van der Waals surface area contributed by atoms with Crippen LogP contribution in [0.2, 0.25) is 0 Å². The largest absolute Gasteiger partial charge is 0.391 e. The summed E-state index contributed by atoms with van der Waals surface area (Å²) in [5.74, 6) is 0.504. The lowest BCUT2D eigenvalue weighted by Gasteiger charge is -2.13. The van der Waals surface area contributed by atoms with Crippen LogP contribution >= 0.6 is 15.9 Å². The number of unbranched alkanes of at least 4 members (excludes halogenated alkanes) is 1. The second-order valence-electron chi connectivity index (χ2n) is 4.23. The second kappa shape index (κ2) is 9.16. The van der Waals surface area contributed by atoms with E-state index in [4.69, 9.17) is 0 Å². The molecule has 0 aliphatic rings. The number of halogens is 1. The Morgan fingerprint density at radius 1 is 1.40 bits per heavy atom. The van der Waals surface area contributed by atoms with Crippen LogP contribution in [0, 0.1) is 5.92 Å². The van der Waals surface area contributed by atoms with Gasteiger partial charge < -0.3 is 10.4 Å². The van der Waals surface area contributed by atoms with Crippen molar-refractivity contribution < 1.29 is 9.90 Å². The van der Waals surface area contributed by atoms with Gasteiger partial charge in [-0.05, 0) is 25.2 Å². The number of nitrogens with one attached hydrogen (secondary N) is 1. The van der Waals surface area contributed by atoms with Crippen LogP contribution in [0.3, 0.4) is 0 Å². The van der Waals surface area contributed by atoms with E-state index in [0.717, 1.165) is 24.6 Å². The van der Waals surface area contributed by atoms with Gasteiger partial charge in [-0.15, -0.1) is 0 Å². The van der Waals surface area contributed by atoms with E-state index in [9.17, 15) is 9.90 Å². The topological polar surface area (TPSA) is 49.3 Å². The molecule has 15 heavy (non-hydrogen) atoms. The first kappa shape index (κ1) is 14.9. The Hall–Kier alpha value is -0.0900. The van der Waals surface area contributed by atoms with Crippen LogP contribution < -0.4 is 5.32 Å². The molecular weight excluding hydrogens is 258 g/mol. The van der Waals surface area contributed by atoms with Crippen LogP contribution in [0.1, 0.15) is 39.5 Å². The van der Waals surface area contributed by atoms with E-state index in [1.807, 2.05) is 0 Å². The van der Waals surface area contributed by atoms with E-state index in [-0.39, 0.29) is 5.91 Å². The van der Waals surface area contributed by atoms with Gasteiger partial charge in [0.05, 0.1) is 6.10 Å². The number of amides is 1. The van der Waals surface area contributed by atoms with Crippen molar-refractivity contribution in [1.29, 1.82) is 0 Å². The number of hydrogen-bond acceptors (Lipinski definition) is 2. The van der Waals surface area contributed by atoms with E-state index in [1.165, 1.54) is 0 Å². The Morgan fingerprint density at radius 3 is 2.60 bits per heavy atom. The molecule has 0 aliphatic heterocycles. The summed E-state index contributed by atoms with van der Waals surface area (Å²) in [7, 11) is 0. The minimum atomic E-state index is -0.412. The van der Waals surface area contributed by atoms with Gasteiger partial charge in [0.15, 0.2) is 0 Å². The fourth-order valence-corrected chi connectivity index (χ4v) is 1.72. The molecule has 90 valence electrons. The number of carbonyl (C=O) groups excluding carboxylic acids is 1. The molecule has 0 rings (SSSR count). The van der Waals surface area contributed by atoms with Gasteiger partial charge in [-0.2, -0.15) is 0 Å². The molecule has 0 radical (unpaired) electrons. The first-order chi connectivity index (χ1) is 7.06. The Morgan fingerprint density at radius 2 is 2.07 bits per heavy atom. The second-order valence-corrected chi connectivity index (χ2v) is 5.03. The zero-order chi connectivity index (χ0) is 11.7. The highest BCUT2D eigenvalue weighted by Crippen LogP contribution is 2.03. The predicted molar refractivity (Wildman–Crippen MR) is 66.1 cm³/mol. The summed E-state index contributed by atoms with van der Waals surface area (Å²) in [5.41, 5.74) is 0. The molecule has 3 nitrogen and oxygen atoms in total. The van der Waals surface area contributed by atoms with E-state index < -0.39 is 6.10 Å². The summed E-state index contributed by atoms with van der Waals surface area (Å²) < 4.78 is 0. The van der Waals surface area contributed by atoms with Gasteiger partial charge in [-0.3, -0.25) is 4.79 Å². The number of hydrogen-bond donors (Lipinski definition) is 2. The van der Waals surface area contributed by atoms with Gasteiger partial charge in [0.2, 0.25) is 5.91 Å². The van der Waals surface area contributed by atoms with Crippen LogP contribution in [0.15, 0.2) is 0 Å². The molecule has 0 spiro atoms. The van der Waals surface area contributed by atoms with Crippen molar-refractivity contribution in [2.24, 2.45) is 5.92 Å². The molecule has 0 aromatic heterocycles. The van der Waals surface area contributed by atoms with Crippen LogP contribution in [0.4, 0.5) is 0 Å². The lowest BCUT2D eigenvalue weighted by molar-refractivity contribution is -0.121. The van der Waals surface area contributed by atoms with Crippen molar-refractivity contribution in [3.63, 3.8) is 0 Å². The standard InChI is InChI=1S/C11H22BrNO2/c1-9(2)7-10(14)8-13-11(15)5-3-4-6-12/h9-10,14H,3-8H2,1-2H3,(H,13,15). The summed E-state index contributed by atoms with van der Waals surface area (Å²) in [5, 5.41) is 13.2. The SMILES string of the molecule is CC(C)CC(O)CNC(=O)CCCCBr. The van der Waals surface area contributed by atoms with E-state index in [2.05, 4.69) is 35.1 Å². The van der Waals surface area contributed by atoms with Crippen molar-refractivity contribution >= 4 is 21.8 Å². The quantitative estimate of drug-likeness (QED) is 0.528. The monoisotopic (exact) mass is 279 g/mol. The third-order valence-electron chi connectivity index (χ3n) is 2.07. The number of aliphatic hydroxyl groups excluding tert-OH is 1. The molecule has 1 amide bonds. The molecule has 0 saturated carbocycles. The summed E-state index contributed by atoms with van der Waals surface area (Å²) >= 11 is 3.32. The molecule has 0 aliphatic carbocycles. The highest BCUT2D eigenvalue weighted by atomic mass is 79.9. The van der Waals surface area contributed by atoms with Gasteiger partial charge in [-0.1, -0.05) is 29.8 Å². The molecule has 0 aromatic carbocycles. The molecule has 0 bridgehead atoms. The highest BCUT2D eigenvalue weighted by Gasteiger charge is 2.08. The molecular formula is C11H22BrNO2. The maximum atomic E-state index is 11.3. The molecule has 2 N–H and O–H groups in total. The van der Waals surface area contributed by atoms with E-state index >= 15 is 0 Å². The zero-order valence-corrected chi connectivity index (χ0v) is 11.2. The molecule has 0 saturated heterocycles. The maximum absolute atomic E-state index is 11.3. The lowest BCUT2D eigenvalue weighted by Crippen LogP contribution is -2.32. The minimum Gasteiger partial charge on any atom is -0.391 e. The van der Waals surface area contributed by atoms with Crippen molar-refractivity contribution in [3.05, 3.63) is 0 Å². The average molecular weight is 280 g/mol. The summed E-state index contributed by atoms with van der Waals surface area (Å²) in [6.45, 7) is 4.49. The predicted octanol–water partition coefficient (Wildman–Crippen LogP) is 2.07. The summed E-state index contributed by atoms with van der Waals surface area (Å²) in [4.78, 5) is 11.3. The number of aliphatic hydroxyl groups is 1. The number of carbonyl (C=O) groups is 1. The lowest BCUT2D eigenvalue weighted by atomic mass is 10.1. The fourth-order valence-electron chi connectivity index (χ4n) is 1.33. The molecule has 0 fully saturated rings. The summed E-state index contributed by atoms with van der Waals surface area (Å²) in [6.07, 6.45) is 2.80. The Balaban J connectivity index is 3.44. The number of rotatable bonds is 8. The molecule has 1 unspecified atom stereocenters. The van der Waals surface area contributed by atoms with Crippen molar-refractivity contribution in [2.45, 2.75) is 45.6 Å². The first-order valence-corrected chi connectivity index (χ1v) is 6.69. The Kier molecular flexibility index (Phi) is 9.10. The van der Waals surface area contributed by atoms with Gasteiger partial charge >= 0.3 is 0 Å². The first-order valence-electron chi connectivity index (χ1n) is 5.57. The van der Waals surface area contributed by atoms with Crippen LogP contribution in [-0.4, -0.2) is 29.0 Å². The van der Waals surface area contributed by atoms with Gasteiger partial charge in [0.1, 0.15) is 0 Å². The Bertz CT molecular complexity index is 174. The molecule has 1 atom stereocenters. The normalized spacial score (nSPS) is 12.9.